The number of nitrogens with zero attached hydrogens (tertiary/aromatic N) is 4. The van der Waals surface area contributed by atoms with Crippen LogP contribution in [0.1, 0.15) is 6.04 Å². The van der Waals surface area contributed by atoms with Gasteiger partial charge < -0.3 is 11.1 Å². The first-order valence-electron chi connectivity index (χ1n) is 4.50. The average Bonchev–Trinajstić information content (AvgIpc) is 2.48. The molecule has 3 heterocycles. The molecule has 1 fully saturated rings. The molecule has 0 saturated carbocycles. The molecule has 2 aromatic rings. The van der Waals surface area contributed by atoms with Crippen LogP contribution in [0, 0.1) is 0 Å². The minimum atomic E-state index is 0.404. The molecule has 0 amide bonds. The number of hydrogen-bond donors (Lipinski definition) is 2. The van der Waals surface area contributed by atoms with Crippen LogP contribution < -0.4 is 11.1 Å². The normalized spacial score (nSPS) is 17.1. The van der Waals surface area contributed by atoms with Gasteiger partial charge in [-0.05, 0) is 0 Å². The average molecular weight is 190 g/mol. The molecule has 0 bridgehead atoms. The topological polar surface area (TPSA) is 81.7 Å². The summed E-state index contributed by atoms with van der Waals surface area (Å²) in [6.07, 6.45) is 3.20. The molecule has 3 N–H and O–H groups in total. The Morgan fingerprint density at radius 3 is 3.00 bits per heavy atom. The second-order valence-corrected chi connectivity index (χ2v) is 3.40. The summed E-state index contributed by atoms with van der Waals surface area (Å²) in [5.41, 5.74) is 6.53. The number of aromatic nitrogens is 4. The van der Waals surface area contributed by atoms with E-state index in [9.17, 15) is 0 Å². The van der Waals surface area contributed by atoms with Crippen LogP contribution in [-0.4, -0.2) is 32.8 Å². The number of nitrogens with two attached hydrogens (primary N) is 1. The third-order valence-electron chi connectivity index (χ3n) is 2.53. The summed E-state index contributed by atoms with van der Waals surface area (Å²) in [5, 5.41) is 8.30. The zero-order chi connectivity index (χ0) is 9.54. The van der Waals surface area contributed by atoms with E-state index >= 15 is 0 Å². The van der Waals surface area contributed by atoms with Gasteiger partial charge in [0.2, 0.25) is 0 Å². The largest absolute Gasteiger partial charge is 0.383 e. The lowest BCUT2D eigenvalue weighted by Gasteiger charge is -2.27. The fourth-order valence-corrected chi connectivity index (χ4v) is 1.59. The zero-order valence-corrected chi connectivity index (χ0v) is 7.51. The Labute approximate surface area is 80.1 Å². The molecule has 0 aromatic carbocycles. The van der Waals surface area contributed by atoms with Crippen LogP contribution in [0.2, 0.25) is 0 Å². The molecule has 1 saturated heterocycles. The first-order chi connectivity index (χ1) is 6.86. The standard InChI is InChI=1S/C8H10N6/c9-7-6-3-13-14(5-1-10-2-5)8(6)12-4-11-7/h3-5,10H,1-2H2,(H2,9,11,12). The third-order valence-corrected chi connectivity index (χ3v) is 2.53. The van der Waals surface area contributed by atoms with E-state index in [1.807, 2.05) is 4.68 Å². The number of nitrogens with one attached hydrogen (secondary N) is 1. The molecule has 3 rings (SSSR count). The maximum atomic E-state index is 5.71. The molecule has 0 radical (unpaired) electrons. The van der Waals surface area contributed by atoms with Crippen molar-refractivity contribution < 1.29 is 0 Å². The minimum Gasteiger partial charge on any atom is -0.383 e. The van der Waals surface area contributed by atoms with Gasteiger partial charge in [-0.15, -0.1) is 0 Å². The van der Waals surface area contributed by atoms with Crippen LogP contribution in [0.25, 0.3) is 11.0 Å². The van der Waals surface area contributed by atoms with Gasteiger partial charge in [-0.2, -0.15) is 5.10 Å². The second-order valence-electron chi connectivity index (χ2n) is 3.40. The van der Waals surface area contributed by atoms with Crippen LogP contribution in [0.15, 0.2) is 12.5 Å². The smallest absolute Gasteiger partial charge is 0.163 e. The highest BCUT2D eigenvalue weighted by molar-refractivity contribution is 5.84. The Kier molecular flexibility index (Phi) is 1.45. The summed E-state index contributed by atoms with van der Waals surface area (Å²) >= 11 is 0. The predicted molar refractivity (Wildman–Crippen MR) is 51.6 cm³/mol. The summed E-state index contributed by atoms with van der Waals surface area (Å²) in [7, 11) is 0. The van der Waals surface area contributed by atoms with Crippen LogP contribution in [0.4, 0.5) is 5.82 Å². The van der Waals surface area contributed by atoms with E-state index in [1.165, 1.54) is 6.33 Å². The molecule has 0 atom stereocenters. The molecule has 1 aliphatic heterocycles. The molecule has 6 nitrogen and oxygen atoms in total. The van der Waals surface area contributed by atoms with E-state index in [2.05, 4.69) is 20.4 Å². The summed E-state index contributed by atoms with van der Waals surface area (Å²) in [6, 6.07) is 0.404. The first kappa shape index (κ1) is 7.69. The summed E-state index contributed by atoms with van der Waals surface area (Å²) in [5.74, 6) is 0.494. The number of fused-ring (bicyclic) bond motifs is 1. The molecular weight excluding hydrogens is 180 g/mol. The Bertz CT molecular complexity index is 472. The summed E-state index contributed by atoms with van der Waals surface area (Å²) in [6.45, 7) is 1.89. The molecule has 0 spiro atoms. The van der Waals surface area contributed by atoms with Gasteiger partial charge in [0, 0.05) is 13.1 Å². The van der Waals surface area contributed by atoms with Crippen molar-refractivity contribution in [1.82, 2.24) is 25.1 Å². The SMILES string of the molecule is Nc1ncnc2c1cnn2C1CNC1. The first-order valence-corrected chi connectivity index (χ1v) is 4.50. The number of nitrogen functional groups attached to an aromatic ring is 1. The Morgan fingerprint density at radius 1 is 1.43 bits per heavy atom. The van der Waals surface area contributed by atoms with Gasteiger partial charge >= 0.3 is 0 Å². The maximum absolute atomic E-state index is 5.71. The van der Waals surface area contributed by atoms with E-state index in [4.69, 9.17) is 5.73 Å². The van der Waals surface area contributed by atoms with E-state index in [1.54, 1.807) is 6.20 Å². The van der Waals surface area contributed by atoms with Gasteiger partial charge in [-0.1, -0.05) is 0 Å². The lowest BCUT2D eigenvalue weighted by molar-refractivity contribution is 0.325. The van der Waals surface area contributed by atoms with Crippen molar-refractivity contribution in [2.45, 2.75) is 6.04 Å². The molecule has 1 aliphatic rings. The molecule has 72 valence electrons. The van der Waals surface area contributed by atoms with Gasteiger partial charge in [0.05, 0.1) is 17.6 Å². The van der Waals surface area contributed by atoms with E-state index in [0.29, 0.717) is 11.9 Å². The van der Waals surface area contributed by atoms with Gasteiger partial charge in [-0.3, -0.25) is 0 Å². The van der Waals surface area contributed by atoms with E-state index < -0.39 is 0 Å². The van der Waals surface area contributed by atoms with Crippen molar-refractivity contribution in [3.8, 4) is 0 Å². The van der Waals surface area contributed by atoms with Crippen LogP contribution >= 0.6 is 0 Å². The fraction of sp³-hybridized carbons (Fsp3) is 0.375. The van der Waals surface area contributed by atoms with Gasteiger partial charge in [0.25, 0.3) is 0 Å². The lowest BCUT2D eigenvalue weighted by Crippen LogP contribution is -2.43. The van der Waals surface area contributed by atoms with Crippen molar-refractivity contribution in [1.29, 1.82) is 0 Å². The van der Waals surface area contributed by atoms with E-state index in [-0.39, 0.29) is 0 Å². The Balaban J connectivity index is 2.20. The van der Waals surface area contributed by atoms with Crippen molar-refractivity contribution in [3.63, 3.8) is 0 Å². The fourth-order valence-electron chi connectivity index (χ4n) is 1.59. The number of anilines is 1. The third kappa shape index (κ3) is 0.912. The lowest BCUT2D eigenvalue weighted by atomic mass is 10.2. The molecule has 0 aliphatic carbocycles. The van der Waals surface area contributed by atoms with Crippen molar-refractivity contribution >= 4 is 16.9 Å². The van der Waals surface area contributed by atoms with Gasteiger partial charge in [0.1, 0.15) is 12.1 Å². The highest BCUT2D eigenvalue weighted by Gasteiger charge is 2.22. The summed E-state index contributed by atoms with van der Waals surface area (Å²) in [4.78, 5) is 8.11. The number of hydrogen-bond acceptors (Lipinski definition) is 5. The quantitative estimate of drug-likeness (QED) is 0.636. The maximum Gasteiger partial charge on any atom is 0.163 e. The highest BCUT2D eigenvalue weighted by atomic mass is 15.4. The highest BCUT2D eigenvalue weighted by Crippen LogP contribution is 2.20. The van der Waals surface area contributed by atoms with Gasteiger partial charge in [0.15, 0.2) is 5.65 Å². The summed E-state index contributed by atoms with van der Waals surface area (Å²) < 4.78 is 1.91. The van der Waals surface area contributed by atoms with Crippen LogP contribution in [0.5, 0.6) is 0 Å². The number of rotatable bonds is 1. The van der Waals surface area contributed by atoms with Gasteiger partial charge in [-0.25, -0.2) is 14.6 Å². The molecule has 0 unspecified atom stereocenters. The molecule has 2 aromatic heterocycles. The Morgan fingerprint density at radius 2 is 2.29 bits per heavy atom. The van der Waals surface area contributed by atoms with Crippen molar-refractivity contribution in [3.05, 3.63) is 12.5 Å². The molecular formula is C8H10N6. The Hall–Kier alpha value is -1.69. The van der Waals surface area contributed by atoms with Crippen LogP contribution in [-0.2, 0) is 0 Å². The minimum absolute atomic E-state index is 0.404. The second kappa shape index (κ2) is 2.65. The molecule has 14 heavy (non-hydrogen) atoms. The van der Waals surface area contributed by atoms with Crippen molar-refractivity contribution in [2.24, 2.45) is 0 Å². The predicted octanol–water partition coefficient (Wildman–Crippen LogP) is -0.447. The van der Waals surface area contributed by atoms with E-state index in [0.717, 1.165) is 24.1 Å². The van der Waals surface area contributed by atoms with Crippen molar-refractivity contribution in [2.75, 3.05) is 18.8 Å². The van der Waals surface area contributed by atoms with Crippen LogP contribution in [0.3, 0.4) is 0 Å². The monoisotopic (exact) mass is 190 g/mol. The molecule has 6 heteroatoms. The zero-order valence-electron chi connectivity index (χ0n) is 7.51.